The fourth-order valence-corrected chi connectivity index (χ4v) is 4.07. The molecule has 7 heteroatoms. The Morgan fingerprint density at radius 3 is 2.44 bits per heavy atom. The molecule has 2 aromatic carbocycles. The molecule has 0 aliphatic carbocycles. The highest BCUT2D eigenvalue weighted by Gasteiger charge is 2.17. The first-order valence-electron chi connectivity index (χ1n) is 10.8. The Morgan fingerprint density at radius 1 is 0.969 bits per heavy atom. The molecule has 170 valence electrons. The molecule has 0 saturated carbocycles. The van der Waals surface area contributed by atoms with Crippen LogP contribution in [0.5, 0.6) is 17.2 Å². The van der Waals surface area contributed by atoms with Crippen molar-refractivity contribution in [3.63, 3.8) is 0 Å². The molecule has 3 aromatic rings. The molecule has 0 unspecified atom stereocenters. The number of benzene rings is 2. The van der Waals surface area contributed by atoms with E-state index in [4.69, 9.17) is 18.6 Å². The van der Waals surface area contributed by atoms with Crippen LogP contribution in [-0.4, -0.2) is 70.4 Å². The molecule has 1 fully saturated rings. The van der Waals surface area contributed by atoms with Crippen molar-refractivity contribution < 1.29 is 18.6 Å². The molecule has 1 aromatic heterocycles. The third-order valence-electron chi connectivity index (χ3n) is 5.98. The Morgan fingerprint density at radius 2 is 1.72 bits per heavy atom. The van der Waals surface area contributed by atoms with Crippen LogP contribution in [0.2, 0.25) is 0 Å². The molecule has 0 N–H and O–H groups in total. The highest BCUT2D eigenvalue weighted by atomic mass is 16.5. The first-order chi connectivity index (χ1) is 15.5. The zero-order valence-corrected chi connectivity index (χ0v) is 19.1. The Labute approximate surface area is 188 Å². The monoisotopic (exact) mass is 438 g/mol. The maximum absolute atomic E-state index is 13.3. The van der Waals surface area contributed by atoms with Gasteiger partial charge in [0.1, 0.15) is 23.7 Å². The molecule has 0 radical (unpaired) electrons. The van der Waals surface area contributed by atoms with Crippen LogP contribution < -0.4 is 19.6 Å². The van der Waals surface area contributed by atoms with E-state index in [1.165, 1.54) is 0 Å². The van der Waals surface area contributed by atoms with Gasteiger partial charge in [0.05, 0.1) is 25.2 Å². The molecule has 2 heterocycles. The van der Waals surface area contributed by atoms with Gasteiger partial charge in [0, 0.05) is 38.8 Å². The minimum atomic E-state index is -0.0834. The van der Waals surface area contributed by atoms with Crippen molar-refractivity contribution in [1.29, 1.82) is 0 Å². The van der Waals surface area contributed by atoms with Gasteiger partial charge in [-0.2, -0.15) is 0 Å². The number of hydrogen-bond acceptors (Lipinski definition) is 7. The topological polar surface area (TPSA) is 64.4 Å². The lowest BCUT2D eigenvalue weighted by molar-refractivity contribution is 0.134. The molecule has 7 nitrogen and oxygen atoms in total. The largest absolute Gasteiger partial charge is 0.493 e. The normalized spacial score (nSPS) is 15.1. The van der Waals surface area contributed by atoms with Crippen LogP contribution in [0.1, 0.15) is 5.76 Å². The first kappa shape index (κ1) is 22.2. The van der Waals surface area contributed by atoms with Crippen molar-refractivity contribution in [2.45, 2.75) is 6.92 Å². The van der Waals surface area contributed by atoms with Crippen LogP contribution in [-0.2, 0) is 0 Å². The first-order valence-corrected chi connectivity index (χ1v) is 10.8. The fourth-order valence-electron chi connectivity index (χ4n) is 4.07. The zero-order valence-electron chi connectivity index (χ0n) is 19.1. The van der Waals surface area contributed by atoms with Crippen molar-refractivity contribution in [2.24, 2.45) is 0 Å². The van der Waals surface area contributed by atoms with E-state index in [1.807, 2.05) is 12.1 Å². The summed E-state index contributed by atoms with van der Waals surface area (Å²) in [5.41, 5.74) is 1.68. The summed E-state index contributed by atoms with van der Waals surface area (Å²) in [6.07, 6.45) is 0. The number of aryl methyl sites for hydroxylation is 1. The quantitative estimate of drug-likeness (QED) is 0.560. The second kappa shape index (κ2) is 9.63. The van der Waals surface area contributed by atoms with E-state index < -0.39 is 0 Å². The zero-order chi connectivity index (χ0) is 22.7. The molecular formula is C25H30N2O5. The molecule has 32 heavy (non-hydrogen) atoms. The van der Waals surface area contributed by atoms with Crippen LogP contribution in [0.15, 0.2) is 45.6 Å². The van der Waals surface area contributed by atoms with Crippen LogP contribution in [0.25, 0.3) is 22.1 Å². The van der Waals surface area contributed by atoms with E-state index >= 15 is 0 Å². The van der Waals surface area contributed by atoms with E-state index in [9.17, 15) is 4.79 Å². The number of fused-ring (bicyclic) bond motifs is 1. The van der Waals surface area contributed by atoms with Gasteiger partial charge in [-0.05, 0) is 43.8 Å². The molecular weight excluding hydrogens is 408 g/mol. The Kier molecular flexibility index (Phi) is 6.67. The van der Waals surface area contributed by atoms with Crippen LogP contribution in [0.4, 0.5) is 0 Å². The molecule has 0 spiro atoms. The standard InChI is InChI=1S/C25H30N2O5/c1-17-24(18-5-8-21(29-3)23(15-18)30-4)25(28)20-7-6-19(16-22(20)32-17)31-14-13-27-11-9-26(2)10-12-27/h5-8,15-16H,9-14H2,1-4H3. The van der Waals surface area contributed by atoms with Crippen molar-refractivity contribution in [1.82, 2.24) is 9.80 Å². The molecule has 0 atom stereocenters. The Balaban J connectivity index is 1.55. The summed E-state index contributed by atoms with van der Waals surface area (Å²) in [5, 5.41) is 0.520. The molecule has 0 bridgehead atoms. The van der Waals surface area contributed by atoms with E-state index in [1.54, 1.807) is 45.4 Å². The highest BCUT2D eigenvalue weighted by Crippen LogP contribution is 2.33. The van der Waals surface area contributed by atoms with Gasteiger partial charge in [0.15, 0.2) is 11.5 Å². The van der Waals surface area contributed by atoms with Gasteiger partial charge in [-0.25, -0.2) is 0 Å². The Hall–Kier alpha value is -3.03. The van der Waals surface area contributed by atoms with Crippen LogP contribution >= 0.6 is 0 Å². The number of ether oxygens (including phenoxy) is 3. The third kappa shape index (κ3) is 4.59. The second-order valence-corrected chi connectivity index (χ2v) is 8.08. The lowest BCUT2D eigenvalue weighted by atomic mass is 10.0. The number of methoxy groups -OCH3 is 2. The summed E-state index contributed by atoms with van der Waals surface area (Å²) < 4.78 is 22.7. The average molecular weight is 439 g/mol. The number of hydrogen-bond donors (Lipinski definition) is 0. The Bertz CT molecular complexity index is 1150. The van der Waals surface area contributed by atoms with Crippen molar-refractivity contribution in [3.05, 3.63) is 52.4 Å². The molecule has 0 amide bonds. The highest BCUT2D eigenvalue weighted by molar-refractivity contribution is 5.84. The fraction of sp³-hybridized carbons (Fsp3) is 0.400. The van der Waals surface area contributed by atoms with Gasteiger partial charge in [-0.15, -0.1) is 0 Å². The predicted octanol–water partition coefficient (Wildman–Crippen LogP) is 3.41. The number of likely N-dealkylation sites (N-methyl/N-ethyl adjacent to an activating group) is 1. The summed E-state index contributed by atoms with van der Waals surface area (Å²) in [4.78, 5) is 18.0. The van der Waals surface area contributed by atoms with Crippen molar-refractivity contribution in [2.75, 3.05) is 60.6 Å². The van der Waals surface area contributed by atoms with Gasteiger partial charge in [0.25, 0.3) is 0 Å². The lowest BCUT2D eigenvalue weighted by Crippen LogP contribution is -2.45. The summed E-state index contributed by atoms with van der Waals surface area (Å²) >= 11 is 0. The average Bonchev–Trinajstić information content (AvgIpc) is 2.80. The molecule has 1 saturated heterocycles. The summed E-state index contributed by atoms with van der Waals surface area (Å²) in [5.74, 6) is 2.42. The summed E-state index contributed by atoms with van der Waals surface area (Å²) in [6.45, 7) is 7.57. The predicted molar refractivity (Wildman–Crippen MR) is 125 cm³/mol. The van der Waals surface area contributed by atoms with Gasteiger partial charge in [-0.1, -0.05) is 6.07 Å². The molecule has 1 aliphatic heterocycles. The maximum atomic E-state index is 13.3. The van der Waals surface area contributed by atoms with Crippen molar-refractivity contribution in [3.8, 4) is 28.4 Å². The van der Waals surface area contributed by atoms with E-state index in [-0.39, 0.29) is 5.43 Å². The van der Waals surface area contributed by atoms with Crippen LogP contribution in [0, 0.1) is 6.92 Å². The number of rotatable bonds is 7. The van der Waals surface area contributed by atoms with E-state index in [0.29, 0.717) is 46.1 Å². The minimum Gasteiger partial charge on any atom is -0.493 e. The van der Waals surface area contributed by atoms with Crippen LogP contribution in [0.3, 0.4) is 0 Å². The number of nitrogens with zero attached hydrogens (tertiary/aromatic N) is 2. The molecule has 1 aliphatic rings. The minimum absolute atomic E-state index is 0.0834. The van der Waals surface area contributed by atoms with Gasteiger partial charge >= 0.3 is 0 Å². The lowest BCUT2D eigenvalue weighted by Gasteiger charge is -2.32. The summed E-state index contributed by atoms with van der Waals surface area (Å²) in [6, 6.07) is 10.8. The molecule has 4 rings (SSSR count). The van der Waals surface area contributed by atoms with Gasteiger partial charge in [0.2, 0.25) is 5.43 Å². The SMILES string of the molecule is COc1ccc(-c2c(C)oc3cc(OCCN4CCN(C)CC4)ccc3c2=O)cc1OC. The smallest absolute Gasteiger partial charge is 0.200 e. The van der Waals surface area contributed by atoms with Gasteiger partial charge < -0.3 is 23.5 Å². The third-order valence-corrected chi connectivity index (χ3v) is 5.98. The number of piperazine rings is 1. The maximum Gasteiger partial charge on any atom is 0.200 e. The van der Waals surface area contributed by atoms with Crippen molar-refractivity contribution >= 4 is 11.0 Å². The van der Waals surface area contributed by atoms with E-state index in [0.717, 1.165) is 38.3 Å². The summed E-state index contributed by atoms with van der Waals surface area (Å²) in [7, 11) is 5.30. The van der Waals surface area contributed by atoms with E-state index in [2.05, 4.69) is 16.8 Å². The second-order valence-electron chi connectivity index (χ2n) is 8.08. The van der Waals surface area contributed by atoms with Gasteiger partial charge in [-0.3, -0.25) is 9.69 Å².